The number of benzene rings is 1. The van der Waals surface area contributed by atoms with E-state index in [4.69, 9.17) is 10.5 Å². The van der Waals surface area contributed by atoms with Gasteiger partial charge in [0, 0.05) is 30.9 Å². The Bertz CT molecular complexity index is 632. The minimum atomic E-state index is -0.843. The lowest BCUT2D eigenvalue weighted by Gasteiger charge is -2.30. The molecule has 1 aliphatic rings. The normalized spacial score (nSPS) is 17.6. The van der Waals surface area contributed by atoms with E-state index in [1.54, 1.807) is 4.90 Å². The Hall–Kier alpha value is -2.64. The Morgan fingerprint density at radius 1 is 1.48 bits per heavy atom. The van der Waals surface area contributed by atoms with Gasteiger partial charge in [-0.1, -0.05) is 6.92 Å². The molecule has 2 rings (SSSR count). The highest BCUT2D eigenvalue weighted by atomic mass is 16.6. The summed E-state index contributed by atoms with van der Waals surface area (Å²) >= 11 is 0. The molecule has 1 amide bonds. The second-order valence-corrected chi connectivity index (χ2v) is 5.69. The zero-order valence-electron chi connectivity index (χ0n) is 12.9. The summed E-state index contributed by atoms with van der Waals surface area (Å²) in [6, 6.07) is 3.51. The number of nitro benzene ring substituents is 1. The molecule has 0 spiro atoms. The molecule has 1 fully saturated rings. The maximum atomic E-state index is 12.0. The number of anilines is 1. The molecule has 1 atom stereocenters. The van der Waals surface area contributed by atoms with Crippen LogP contribution in [0, 0.1) is 16.0 Å². The smallest absolute Gasteiger partial charge is 0.341 e. The number of nitrogen functional groups attached to an aromatic ring is 1. The van der Waals surface area contributed by atoms with Crippen molar-refractivity contribution in [1.82, 2.24) is 4.90 Å². The number of nitro groups is 1. The molecular weight excluding hydrogens is 302 g/mol. The van der Waals surface area contributed by atoms with E-state index in [1.165, 1.54) is 12.1 Å². The van der Waals surface area contributed by atoms with Gasteiger partial charge in [-0.3, -0.25) is 14.9 Å². The second kappa shape index (κ2) is 7.08. The standard InChI is InChI=1S/C15H19N3O5/c1-10-3-2-6-17(8-10)14(19)9-23-15(20)12-7-11(18(21)22)4-5-13(12)16/h4-5,7,10H,2-3,6,8-9,16H2,1H3/t10-/m0/s1. The molecule has 1 saturated heterocycles. The van der Waals surface area contributed by atoms with Gasteiger partial charge < -0.3 is 15.4 Å². The van der Waals surface area contributed by atoms with Gasteiger partial charge in [0.15, 0.2) is 6.61 Å². The molecule has 23 heavy (non-hydrogen) atoms. The first-order valence-electron chi connectivity index (χ1n) is 7.37. The largest absolute Gasteiger partial charge is 0.452 e. The molecule has 1 heterocycles. The first kappa shape index (κ1) is 16.7. The number of nitrogens with zero attached hydrogens (tertiary/aromatic N) is 2. The first-order chi connectivity index (χ1) is 10.9. The molecule has 0 aromatic heterocycles. The van der Waals surface area contributed by atoms with Crippen LogP contribution < -0.4 is 5.73 Å². The summed E-state index contributed by atoms with van der Waals surface area (Å²) in [7, 11) is 0. The SMILES string of the molecule is C[C@H]1CCCN(C(=O)COC(=O)c2cc([N+](=O)[O-])ccc2N)C1. The number of likely N-dealkylation sites (tertiary alicyclic amines) is 1. The number of rotatable bonds is 4. The van der Waals surface area contributed by atoms with Crippen LogP contribution in [-0.2, 0) is 9.53 Å². The van der Waals surface area contributed by atoms with Crippen LogP contribution in [0.25, 0.3) is 0 Å². The second-order valence-electron chi connectivity index (χ2n) is 5.69. The average Bonchev–Trinajstić information content (AvgIpc) is 2.52. The van der Waals surface area contributed by atoms with Gasteiger partial charge in [0.1, 0.15) is 0 Å². The average molecular weight is 321 g/mol. The topological polar surface area (TPSA) is 116 Å². The van der Waals surface area contributed by atoms with Crippen molar-refractivity contribution in [3.63, 3.8) is 0 Å². The number of carbonyl (C=O) groups is 2. The number of nitrogens with two attached hydrogens (primary N) is 1. The van der Waals surface area contributed by atoms with Gasteiger partial charge in [0.25, 0.3) is 11.6 Å². The Morgan fingerprint density at radius 2 is 2.22 bits per heavy atom. The van der Waals surface area contributed by atoms with Crippen molar-refractivity contribution in [2.24, 2.45) is 5.92 Å². The third-order valence-corrected chi connectivity index (χ3v) is 3.80. The highest BCUT2D eigenvalue weighted by Crippen LogP contribution is 2.21. The van der Waals surface area contributed by atoms with Gasteiger partial charge in [-0.15, -0.1) is 0 Å². The lowest BCUT2D eigenvalue weighted by Crippen LogP contribution is -2.41. The fourth-order valence-electron chi connectivity index (χ4n) is 2.55. The van der Waals surface area contributed by atoms with Crippen LogP contribution in [0.4, 0.5) is 11.4 Å². The van der Waals surface area contributed by atoms with E-state index in [-0.39, 0.29) is 22.8 Å². The number of non-ortho nitro benzene ring substituents is 1. The molecule has 0 unspecified atom stereocenters. The molecular formula is C15H19N3O5. The number of esters is 1. The van der Waals surface area contributed by atoms with E-state index < -0.39 is 17.5 Å². The summed E-state index contributed by atoms with van der Waals surface area (Å²) in [6.07, 6.45) is 2.01. The van der Waals surface area contributed by atoms with E-state index >= 15 is 0 Å². The molecule has 124 valence electrons. The lowest BCUT2D eigenvalue weighted by molar-refractivity contribution is -0.384. The first-order valence-corrected chi connectivity index (χ1v) is 7.37. The molecule has 0 radical (unpaired) electrons. The highest BCUT2D eigenvalue weighted by Gasteiger charge is 2.23. The zero-order valence-corrected chi connectivity index (χ0v) is 12.9. The summed E-state index contributed by atoms with van der Waals surface area (Å²) in [5, 5.41) is 10.7. The molecule has 0 bridgehead atoms. The number of hydrogen-bond donors (Lipinski definition) is 1. The van der Waals surface area contributed by atoms with Crippen molar-refractivity contribution in [2.45, 2.75) is 19.8 Å². The van der Waals surface area contributed by atoms with Gasteiger partial charge in [-0.2, -0.15) is 0 Å². The monoisotopic (exact) mass is 321 g/mol. The van der Waals surface area contributed by atoms with Crippen LogP contribution in [0.1, 0.15) is 30.1 Å². The third kappa shape index (κ3) is 4.18. The van der Waals surface area contributed by atoms with E-state index in [2.05, 4.69) is 6.92 Å². The van der Waals surface area contributed by atoms with E-state index in [9.17, 15) is 19.7 Å². The van der Waals surface area contributed by atoms with Crippen LogP contribution in [0.2, 0.25) is 0 Å². The van der Waals surface area contributed by atoms with Crippen LogP contribution in [0.15, 0.2) is 18.2 Å². The molecule has 1 aromatic carbocycles. The zero-order chi connectivity index (χ0) is 17.0. The van der Waals surface area contributed by atoms with Gasteiger partial charge >= 0.3 is 5.97 Å². The fourth-order valence-corrected chi connectivity index (χ4v) is 2.55. The minimum Gasteiger partial charge on any atom is -0.452 e. The third-order valence-electron chi connectivity index (χ3n) is 3.80. The van der Waals surface area contributed by atoms with E-state index in [0.717, 1.165) is 18.9 Å². The van der Waals surface area contributed by atoms with Gasteiger partial charge in [0.05, 0.1) is 10.5 Å². The maximum absolute atomic E-state index is 12.0. The van der Waals surface area contributed by atoms with Crippen LogP contribution in [-0.4, -0.2) is 41.4 Å². The van der Waals surface area contributed by atoms with Crippen molar-refractivity contribution in [3.05, 3.63) is 33.9 Å². The molecule has 1 aromatic rings. The Morgan fingerprint density at radius 3 is 2.87 bits per heavy atom. The van der Waals surface area contributed by atoms with Crippen molar-refractivity contribution >= 4 is 23.3 Å². The number of ether oxygens (including phenoxy) is 1. The predicted molar refractivity (Wildman–Crippen MR) is 82.8 cm³/mol. The lowest BCUT2D eigenvalue weighted by atomic mass is 10.0. The van der Waals surface area contributed by atoms with Gasteiger partial charge in [0.2, 0.25) is 0 Å². The van der Waals surface area contributed by atoms with Gasteiger partial charge in [-0.25, -0.2) is 4.79 Å². The highest BCUT2D eigenvalue weighted by molar-refractivity contribution is 5.97. The minimum absolute atomic E-state index is 0.0691. The van der Waals surface area contributed by atoms with Crippen LogP contribution in [0.3, 0.4) is 0 Å². The Labute approximate surface area is 133 Å². The van der Waals surface area contributed by atoms with Crippen molar-refractivity contribution in [1.29, 1.82) is 0 Å². The molecule has 8 heteroatoms. The number of hydrogen-bond acceptors (Lipinski definition) is 6. The van der Waals surface area contributed by atoms with Crippen molar-refractivity contribution in [3.8, 4) is 0 Å². The quantitative estimate of drug-likeness (QED) is 0.389. The molecule has 0 saturated carbocycles. The van der Waals surface area contributed by atoms with Crippen LogP contribution in [0.5, 0.6) is 0 Å². The predicted octanol–water partition coefficient (Wildman–Crippen LogP) is 1.59. The van der Waals surface area contributed by atoms with E-state index in [0.29, 0.717) is 19.0 Å². The summed E-state index contributed by atoms with van der Waals surface area (Å²) in [5.74, 6) is -0.686. The van der Waals surface area contributed by atoms with E-state index in [1.807, 2.05) is 0 Å². The molecule has 8 nitrogen and oxygen atoms in total. The Balaban J connectivity index is 1.98. The van der Waals surface area contributed by atoms with Gasteiger partial charge in [-0.05, 0) is 24.8 Å². The maximum Gasteiger partial charge on any atom is 0.341 e. The number of carbonyl (C=O) groups excluding carboxylic acids is 2. The number of piperidine rings is 1. The molecule has 2 N–H and O–H groups in total. The van der Waals surface area contributed by atoms with Crippen molar-refractivity contribution < 1.29 is 19.2 Å². The molecule has 0 aliphatic carbocycles. The molecule has 1 aliphatic heterocycles. The Kier molecular flexibility index (Phi) is 5.15. The fraction of sp³-hybridized carbons (Fsp3) is 0.467. The number of amides is 1. The summed E-state index contributed by atoms with van der Waals surface area (Å²) in [5.41, 5.74) is 5.33. The summed E-state index contributed by atoms with van der Waals surface area (Å²) < 4.78 is 4.96. The van der Waals surface area contributed by atoms with Crippen molar-refractivity contribution in [2.75, 3.05) is 25.4 Å². The summed E-state index contributed by atoms with van der Waals surface area (Å²) in [4.78, 5) is 35.8. The van der Waals surface area contributed by atoms with Crippen LogP contribution >= 0.6 is 0 Å². The summed E-state index contributed by atoms with van der Waals surface area (Å²) in [6.45, 7) is 2.97.